The van der Waals surface area contributed by atoms with Crippen LogP contribution in [0.2, 0.25) is 0 Å². The van der Waals surface area contributed by atoms with E-state index in [4.69, 9.17) is 10.5 Å². The Bertz CT molecular complexity index is 211. The fraction of sp³-hybridized carbons (Fsp3) is 0.909. The largest absolute Gasteiger partial charge is 0.383 e. The van der Waals surface area contributed by atoms with Crippen LogP contribution in [0.25, 0.3) is 0 Å². The van der Waals surface area contributed by atoms with E-state index in [1.165, 1.54) is 6.42 Å². The Morgan fingerprint density at radius 3 is 2.47 bits per heavy atom. The van der Waals surface area contributed by atoms with Crippen LogP contribution in [0.5, 0.6) is 0 Å². The van der Waals surface area contributed by atoms with E-state index in [2.05, 4.69) is 13.8 Å². The van der Waals surface area contributed by atoms with Gasteiger partial charge < -0.3 is 15.4 Å². The van der Waals surface area contributed by atoms with Crippen molar-refractivity contribution in [2.24, 2.45) is 5.73 Å². The van der Waals surface area contributed by atoms with Gasteiger partial charge >= 0.3 is 0 Å². The number of likely N-dealkylation sites (tertiary alicyclic amines) is 1. The number of hydrogen-bond acceptors (Lipinski definition) is 3. The minimum Gasteiger partial charge on any atom is -0.383 e. The van der Waals surface area contributed by atoms with Gasteiger partial charge in [-0.25, -0.2) is 0 Å². The number of carbonyl (C=O) groups excluding carboxylic acids is 1. The molecule has 1 aliphatic heterocycles. The summed E-state index contributed by atoms with van der Waals surface area (Å²) in [5.74, 6) is 0.0246. The molecule has 88 valence electrons. The number of amides is 1. The first kappa shape index (κ1) is 12.5. The molecule has 2 N–H and O–H groups in total. The minimum atomic E-state index is -0.516. The first-order valence-corrected chi connectivity index (χ1v) is 5.64. The molecule has 0 bridgehead atoms. The third kappa shape index (κ3) is 2.92. The lowest BCUT2D eigenvalue weighted by Crippen LogP contribution is -2.54. The van der Waals surface area contributed by atoms with Gasteiger partial charge in [-0.05, 0) is 33.1 Å². The van der Waals surface area contributed by atoms with E-state index in [-0.39, 0.29) is 5.91 Å². The maximum atomic E-state index is 12.0. The number of piperidine rings is 1. The van der Waals surface area contributed by atoms with E-state index in [0.717, 1.165) is 12.8 Å². The Morgan fingerprint density at radius 1 is 1.47 bits per heavy atom. The van der Waals surface area contributed by atoms with Gasteiger partial charge in [-0.3, -0.25) is 4.79 Å². The van der Waals surface area contributed by atoms with Crippen molar-refractivity contribution in [1.29, 1.82) is 0 Å². The third-order valence-corrected chi connectivity index (χ3v) is 3.11. The van der Waals surface area contributed by atoms with Gasteiger partial charge in [0.2, 0.25) is 5.91 Å². The summed E-state index contributed by atoms with van der Waals surface area (Å²) in [5, 5.41) is 0. The van der Waals surface area contributed by atoms with Crippen molar-refractivity contribution in [3.8, 4) is 0 Å². The molecule has 0 aromatic rings. The molecule has 0 aromatic carbocycles. The Balaban J connectivity index is 2.62. The zero-order valence-corrected chi connectivity index (χ0v) is 9.90. The highest BCUT2D eigenvalue weighted by atomic mass is 16.5. The summed E-state index contributed by atoms with van der Waals surface area (Å²) in [7, 11) is 1.57. The predicted octanol–water partition coefficient (Wildman–Crippen LogP) is 0.750. The van der Waals surface area contributed by atoms with Crippen LogP contribution in [0, 0.1) is 0 Å². The van der Waals surface area contributed by atoms with Gasteiger partial charge in [-0.2, -0.15) is 0 Å². The lowest BCUT2D eigenvalue weighted by atomic mass is 9.96. The summed E-state index contributed by atoms with van der Waals surface area (Å²) in [6.45, 7) is 4.48. The maximum absolute atomic E-state index is 12.0. The zero-order valence-electron chi connectivity index (χ0n) is 9.90. The number of methoxy groups -OCH3 is 1. The van der Waals surface area contributed by atoms with E-state index in [9.17, 15) is 4.79 Å². The van der Waals surface area contributed by atoms with Crippen molar-refractivity contribution >= 4 is 5.91 Å². The second-order valence-corrected chi connectivity index (χ2v) is 4.44. The van der Waals surface area contributed by atoms with Crippen LogP contribution in [0.4, 0.5) is 0 Å². The maximum Gasteiger partial charge on any atom is 0.242 e. The molecular weight excluding hydrogens is 192 g/mol. The molecule has 0 spiro atoms. The summed E-state index contributed by atoms with van der Waals surface area (Å²) in [6, 6.07) is 0.103. The molecule has 1 rings (SSSR count). The second kappa shape index (κ2) is 5.47. The number of nitrogens with two attached hydrogens (primary N) is 1. The fourth-order valence-electron chi connectivity index (χ4n) is 2.30. The van der Waals surface area contributed by atoms with Gasteiger partial charge in [-0.1, -0.05) is 0 Å². The fourth-order valence-corrected chi connectivity index (χ4v) is 2.30. The van der Waals surface area contributed by atoms with Crippen molar-refractivity contribution in [2.45, 2.75) is 51.2 Å². The Hall–Kier alpha value is -0.610. The molecule has 4 nitrogen and oxygen atoms in total. The molecular formula is C11H22N2O2. The van der Waals surface area contributed by atoms with E-state index in [0.29, 0.717) is 18.7 Å². The van der Waals surface area contributed by atoms with Crippen LogP contribution in [-0.2, 0) is 9.53 Å². The Kier molecular flexibility index (Phi) is 4.54. The molecule has 1 amide bonds. The van der Waals surface area contributed by atoms with Crippen LogP contribution >= 0.6 is 0 Å². The molecule has 0 radical (unpaired) electrons. The highest BCUT2D eigenvalue weighted by molar-refractivity contribution is 5.82. The topological polar surface area (TPSA) is 55.6 Å². The van der Waals surface area contributed by atoms with Crippen molar-refractivity contribution in [1.82, 2.24) is 4.90 Å². The molecule has 1 aliphatic rings. The SMILES string of the molecule is COCC(N)C(=O)N1[C@H](C)CCC[C@@H]1C. The number of ether oxygens (including phenoxy) is 1. The summed E-state index contributed by atoms with van der Waals surface area (Å²) < 4.78 is 4.91. The van der Waals surface area contributed by atoms with Crippen LogP contribution in [-0.4, -0.2) is 42.6 Å². The predicted molar refractivity (Wildman–Crippen MR) is 59.5 cm³/mol. The number of hydrogen-bond donors (Lipinski definition) is 1. The first-order chi connectivity index (χ1) is 7.07. The molecule has 15 heavy (non-hydrogen) atoms. The minimum absolute atomic E-state index is 0.0246. The van der Waals surface area contributed by atoms with Crippen LogP contribution in [0.15, 0.2) is 0 Å². The number of carbonyl (C=O) groups is 1. The Morgan fingerprint density at radius 2 is 2.00 bits per heavy atom. The van der Waals surface area contributed by atoms with Gasteiger partial charge in [0, 0.05) is 19.2 Å². The van der Waals surface area contributed by atoms with Crippen molar-refractivity contribution in [3.63, 3.8) is 0 Å². The lowest BCUT2D eigenvalue weighted by molar-refractivity contribution is -0.139. The lowest BCUT2D eigenvalue weighted by Gasteiger charge is -2.40. The van der Waals surface area contributed by atoms with Gasteiger partial charge in [0.25, 0.3) is 0 Å². The average Bonchev–Trinajstić information content (AvgIpc) is 2.17. The van der Waals surface area contributed by atoms with E-state index in [1.807, 2.05) is 4.90 Å². The first-order valence-electron chi connectivity index (χ1n) is 5.64. The van der Waals surface area contributed by atoms with Crippen LogP contribution in [0.3, 0.4) is 0 Å². The van der Waals surface area contributed by atoms with E-state index >= 15 is 0 Å². The van der Waals surface area contributed by atoms with Crippen LogP contribution in [0.1, 0.15) is 33.1 Å². The standard InChI is InChI=1S/C11H22N2O2/c1-8-5-4-6-9(2)13(8)11(14)10(12)7-15-3/h8-10H,4-7,12H2,1-3H3/t8-,9+,10?. The summed E-state index contributed by atoms with van der Waals surface area (Å²) in [4.78, 5) is 14.0. The molecule has 3 atom stereocenters. The van der Waals surface area contributed by atoms with Crippen molar-refractivity contribution in [3.05, 3.63) is 0 Å². The molecule has 1 heterocycles. The number of nitrogens with zero attached hydrogens (tertiary/aromatic N) is 1. The van der Waals surface area contributed by atoms with E-state index in [1.54, 1.807) is 7.11 Å². The monoisotopic (exact) mass is 214 g/mol. The number of rotatable bonds is 3. The molecule has 1 fully saturated rings. The van der Waals surface area contributed by atoms with Crippen molar-refractivity contribution in [2.75, 3.05) is 13.7 Å². The summed E-state index contributed by atoms with van der Waals surface area (Å²) in [6.07, 6.45) is 3.36. The third-order valence-electron chi connectivity index (χ3n) is 3.11. The van der Waals surface area contributed by atoms with Gasteiger partial charge in [0.15, 0.2) is 0 Å². The molecule has 0 aromatic heterocycles. The smallest absolute Gasteiger partial charge is 0.242 e. The second-order valence-electron chi connectivity index (χ2n) is 4.44. The van der Waals surface area contributed by atoms with Gasteiger partial charge in [0.1, 0.15) is 6.04 Å². The Labute approximate surface area is 91.8 Å². The van der Waals surface area contributed by atoms with E-state index < -0.39 is 6.04 Å². The highest BCUT2D eigenvalue weighted by Gasteiger charge is 2.31. The summed E-state index contributed by atoms with van der Waals surface area (Å²) in [5.41, 5.74) is 5.77. The molecule has 1 unspecified atom stereocenters. The normalized spacial score (nSPS) is 28.9. The quantitative estimate of drug-likeness (QED) is 0.754. The highest BCUT2D eigenvalue weighted by Crippen LogP contribution is 2.22. The molecule has 0 aliphatic carbocycles. The summed E-state index contributed by atoms with van der Waals surface area (Å²) >= 11 is 0. The molecule has 4 heteroatoms. The average molecular weight is 214 g/mol. The zero-order chi connectivity index (χ0) is 11.4. The van der Waals surface area contributed by atoms with Gasteiger partial charge in [-0.15, -0.1) is 0 Å². The van der Waals surface area contributed by atoms with Crippen LogP contribution < -0.4 is 5.73 Å². The van der Waals surface area contributed by atoms with Crippen molar-refractivity contribution < 1.29 is 9.53 Å². The van der Waals surface area contributed by atoms with Gasteiger partial charge in [0.05, 0.1) is 6.61 Å². The molecule has 0 saturated carbocycles. The molecule has 1 saturated heterocycles.